The summed E-state index contributed by atoms with van der Waals surface area (Å²) in [5, 5.41) is 6.39. The third-order valence-corrected chi connectivity index (χ3v) is 3.61. The van der Waals surface area contributed by atoms with Gasteiger partial charge in [-0.15, -0.1) is 0 Å². The van der Waals surface area contributed by atoms with Gasteiger partial charge in [0.15, 0.2) is 17.5 Å². The van der Waals surface area contributed by atoms with Crippen LogP contribution in [0.1, 0.15) is 37.0 Å². The molecule has 1 amide bonds. The molecule has 1 N–H and O–H groups in total. The van der Waals surface area contributed by atoms with Gasteiger partial charge in [0.25, 0.3) is 0 Å². The molecule has 0 aliphatic heterocycles. The molecular weight excluding hydrogens is 346 g/mol. The number of benzene rings is 1. The highest BCUT2D eigenvalue weighted by Crippen LogP contribution is 2.24. The van der Waals surface area contributed by atoms with Crippen molar-refractivity contribution >= 4 is 5.91 Å². The minimum atomic E-state index is -0.742. The first-order valence-corrected chi connectivity index (χ1v) is 7.92. The van der Waals surface area contributed by atoms with Crippen molar-refractivity contribution in [1.29, 1.82) is 0 Å². The molecule has 7 nitrogen and oxygen atoms in total. The number of oxazole rings is 1. The molecule has 136 valence electrons. The zero-order chi connectivity index (χ0) is 18.7. The lowest BCUT2D eigenvalue weighted by Gasteiger charge is -2.08. The minimum Gasteiger partial charge on any atom is -0.441 e. The number of hydrogen-bond acceptors (Lipinski definition) is 6. The van der Waals surface area contributed by atoms with E-state index in [2.05, 4.69) is 20.4 Å². The first-order valence-electron chi connectivity index (χ1n) is 7.92. The number of nitrogens with one attached hydrogen (secondary N) is 1. The normalized spacial score (nSPS) is 12.2. The lowest BCUT2D eigenvalue weighted by atomic mass is 10.2. The zero-order valence-electron chi connectivity index (χ0n) is 14.1. The number of amides is 1. The third kappa shape index (κ3) is 4.11. The lowest BCUT2D eigenvalue weighted by molar-refractivity contribution is -0.121. The largest absolute Gasteiger partial charge is 0.441 e. The Bertz CT molecular complexity index is 922. The number of rotatable bonds is 6. The maximum Gasteiger partial charge on any atom is 0.248 e. The molecule has 0 spiro atoms. The van der Waals surface area contributed by atoms with Crippen LogP contribution in [0.4, 0.5) is 8.78 Å². The molecule has 9 heteroatoms. The minimum absolute atomic E-state index is 0.106. The molecule has 0 bridgehead atoms. The predicted octanol–water partition coefficient (Wildman–Crippen LogP) is 3.12. The third-order valence-electron chi connectivity index (χ3n) is 3.61. The molecule has 2 aromatic heterocycles. The number of carbonyl (C=O) groups excluding carboxylic acids is 1. The number of halogens is 2. The van der Waals surface area contributed by atoms with Crippen molar-refractivity contribution in [3.8, 4) is 11.3 Å². The number of hydrogen-bond donors (Lipinski definition) is 1. The molecule has 0 saturated carbocycles. The summed E-state index contributed by atoms with van der Waals surface area (Å²) >= 11 is 0. The average molecular weight is 362 g/mol. The summed E-state index contributed by atoms with van der Waals surface area (Å²) in [4.78, 5) is 20.1. The first kappa shape index (κ1) is 17.7. The second-order valence-electron chi connectivity index (χ2n) is 5.71. The average Bonchev–Trinajstić information content (AvgIpc) is 3.22. The Labute approximate surface area is 147 Å². The fourth-order valence-electron chi connectivity index (χ4n) is 2.32. The van der Waals surface area contributed by atoms with Crippen molar-refractivity contribution in [2.75, 3.05) is 0 Å². The fraction of sp³-hybridized carbons (Fsp3) is 0.294. The van der Waals surface area contributed by atoms with Gasteiger partial charge in [0, 0.05) is 18.9 Å². The van der Waals surface area contributed by atoms with Crippen LogP contribution in [0.25, 0.3) is 11.3 Å². The molecule has 0 aliphatic carbocycles. The Morgan fingerprint density at radius 1 is 1.35 bits per heavy atom. The van der Waals surface area contributed by atoms with Crippen LogP contribution < -0.4 is 5.32 Å². The van der Waals surface area contributed by atoms with E-state index in [0.29, 0.717) is 11.7 Å². The van der Waals surface area contributed by atoms with Gasteiger partial charge in [-0.3, -0.25) is 4.79 Å². The van der Waals surface area contributed by atoms with Gasteiger partial charge in [-0.05, 0) is 26.0 Å². The summed E-state index contributed by atoms with van der Waals surface area (Å²) < 4.78 is 37.1. The van der Waals surface area contributed by atoms with E-state index in [1.165, 1.54) is 12.3 Å². The van der Waals surface area contributed by atoms with Gasteiger partial charge in [0.1, 0.15) is 17.7 Å². The van der Waals surface area contributed by atoms with Crippen molar-refractivity contribution < 1.29 is 22.5 Å². The SMILES string of the molecule is Cc1noc([C@H](C)NC(=O)CCc2ncc(-c3ccc(F)cc3F)o2)n1. The van der Waals surface area contributed by atoms with Crippen molar-refractivity contribution in [3.63, 3.8) is 0 Å². The summed E-state index contributed by atoms with van der Waals surface area (Å²) in [6, 6.07) is 2.76. The number of nitrogens with zero attached hydrogens (tertiary/aromatic N) is 3. The van der Waals surface area contributed by atoms with Gasteiger partial charge in [-0.2, -0.15) is 4.98 Å². The van der Waals surface area contributed by atoms with Gasteiger partial charge in [-0.1, -0.05) is 5.16 Å². The number of aromatic nitrogens is 3. The summed E-state index contributed by atoms with van der Waals surface area (Å²) in [5.74, 6) is -0.404. The van der Waals surface area contributed by atoms with Crippen molar-refractivity contribution in [1.82, 2.24) is 20.4 Å². The van der Waals surface area contributed by atoms with Gasteiger partial charge < -0.3 is 14.3 Å². The van der Waals surface area contributed by atoms with Crippen LogP contribution in [0.3, 0.4) is 0 Å². The molecule has 1 aromatic carbocycles. The summed E-state index contributed by atoms with van der Waals surface area (Å²) in [6.07, 6.45) is 1.68. The molecule has 0 fully saturated rings. The van der Waals surface area contributed by atoms with E-state index in [9.17, 15) is 13.6 Å². The maximum atomic E-state index is 13.8. The predicted molar refractivity (Wildman–Crippen MR) is 85.8 cm³/mol. The van der Waals surface area contributed by atoms with E-state index in [1.54, 1.807) is 13.8 Å². The van der Waals surface area contributed by atoms with Crippen molar-refractivity contribution in [2.45, 2.75) is 32.7 Å². The van der Waals surface area contributed by atoms with Crippen molar-refractivity contribution in [2.24, 2.45) is 0 Å². The Hall–Kier alpha value is -3.10. The highest BCUT2D eigenvalue weighted by atomic mass is 19.1. The first-order chi connectivity index (χ1) is 12.4. The monoisotopic (exact) mass is 362 g/mol. The van der Waals surface area contributed by atoms with Crippen LogP contribution in [0.5, 0.6) is 0 Å². The molecule has 0 unspecified atom stereocenters. The Balaban J connectivity index is 1.57. The standard InChI is InChI=1S/C17H16F2N4O3/c1-9(17-22-10(2)23-26-17)21-15(24)5-6-16-20-8-14(25-16)12-4-3-11(18)7-13(12)19/h3-4,7-9H,5-6H2,1-2H3,(H,21,24)/t9-/m0/s1. The Kier molecular flexibility index (Phi) is 5.06. The molecule has 0 radical (unpaired) electrons. The van der Waals surface area contributed by atoms with E-state index >= 15 is 0 Å². The topological polar surface area (TPSA) is 94.1 Å². The summed E-state index contributed by atoms with van der Waals surface area (Å²) in [5.41, 5.74) is 0.106. The highest BCUT2D eigenvalue weighted by molar-refractivity contribution is 5.76. The highest BCUT2D eigenvalue weighted by Gasteiger charge is 2.17. The van der Waals surface area contributed by atoms with Gasteiger partial charge in [0.2, 0.25) is 11.8 Å². The van der Waals surface area contributed by atoms with E-state index in [0.717, 1.165) is 12.1 Å². The maximum absolute atomic E-state index is 13.8. The second-order valence-corrected chi connectivity index (χ2v) is 5.71. The van der Waals surface area contributed by atoms with Crippen LogP contribution in [0.15, 0.2) is 33.3 Å². The lowest BCUT2D eigenvalue weighted by Crippen LogP contribution is -2.27. The molecule has 3 rings (SSSR count). The second kappa shape index (κ2) is 7.42. The van der Waals surface area contributed by atoms with Crippen LogP contribution in [0, 0.1) is 18.6 Å². The van der Waals surface area contributed by atoms with E-state index in [1.807, 2.05) is 0 Å². The molecule has 0 saturated heterocycles. The summed E-state index contributed by atoms with van der Waals surface area (Å²) in [7, 11) is 0. The number of carbonyl (C=O) groups is 1. The zero-order valence-corrected chi connectivity index (χ0v) is 14.1. The van der Waals surface area contributed by atoms with Crippen LogP contribution >= 0.6 is 0 Å². The quantitative estimate of drug-likeness (QED) is 0.724. The van der Waals surface area contributed by atoms with Crippen LogP contribution in [-0.4, -0.2) is 21.0 Å². The van der Waals surface area contributed by atoms with E-state index < -0.39 is 17.7 Å². The number of aryl methyl sites for hydroxylation is 2. The molecule has 26 heavy (non-hydrogen) atoms. The van der Waals surface area contributed by atoms with E-state index in [-0.39, 0.29) is 36.0 Å². The molecular formula is C17H16F2N4O3. The van der Waals surface area contributed by atoms with Gasteiger partial charge in [-0.25, -0.2) is 13.8 Å². The molecule has 1 atom stereocenters. The van der Waals surface area contributed by atoms with Crippen molar-refractivity contribution in [3.05, 3.63) is 53.6 Å². The molecule has 3 aromatic rings. The summed E-state index contributed by atoms with van der Waals surface area (Å²) in [6.45, 7) is 3.41. The van der Waals surface area contributed by atoms with Crippen LogP contribution in [-0.2, 0) is 11.2 Å². The molecule has 2 heterocycles. The molecule has 0 aliphatic rings. The Morgan fingerprint density at radius 2 is 2.15 bits per heavy atom. The van der Waals surface area contributed by atoms with Crippen LogP contribution in [0.2, 0.25) is 0 Å². The fourth-order valence-corrected chi connectivity index (χ4v) is 2.32. The van der Waals surface area contributed by atoms with E-state index in [4.69, 9.17) is 8.94 Å². The Morgan fingerprint density at radius 3 is 2.85 bits per heavy atom. The van der Waals surface area contributed by atoms with Gasteiger partial charge >= 0.3 is 0 Å². The smallest absolute Gasteiger partial charge is 0.248 e. The van der Waals surface area contributed by atoms with Gasteiger partial charge in [0.05, 0.1) is 11.8 Å².